The van der Waals surface area contributed by atoms with Gasteiger partial charge in [-0.15, -0.1) is 16.4 Å². The zero-order valence-electron chi connectivity index (χ0n) is 19.0. The van der Waals surface area contributed by atoms with Crippen molar-refractivity contribution in [3.63, 3.8) is 0 Å². The van der Waals surface area contributed by atoms with E-state index in [1.165, 1.54) is 21.6 Å². The Bertz CT molecular complexity index is 1010. The highest BCUT2D eigenvalue weighted by Crippen LogP contribution is 2.46. The van der Waals surface area contributed by atoms with Crippen molar-refractivity contribution < 1.29 is 13.2 Å². The Morgan fingerprint density at radius 3 is 2.90 bits per heavy atom. The van der Waals surface area contributed by atoms with Gasteiger partial charge in [0.05, 0.1) is 30.2 Å². The lowest BCUT2D eigenvalue weighted by Crippen LogP contribution is -2.50. The van der Waals surface area contributed by atoms with Gasteiger partial charge in [-0.25, -0.2) is 8.42 Å². The van der Waals surface area contributed by atoms with Crippen molar-refractivity contribution in [3.05, 3.63) is 33.3 Å². The molecule has 0 aliphatic carbocycles. The summed E-state index contributed by atoms with van der Waals surface area (Å²) in [6.45, 7) is 9.67. The van der Waals surface area contributed by atoms with Crippen molar-refractivity contribution in [2.75, 3.05) is 25.2 Å². The van der Waals surface area contributed by atoms with E-state index in [0.29, 0.717) is 18.5 Å². The summed E-state index contributed by atoms with van der Waals surface area (Å²) in [6.07, 6.45) is 7.27. The summed E-state index contributed by atoms with van der Waals surface area (Å²) < 4.78 is 30.9. The summed E-state index contributed by atoms with van der Waals surface area (Å²) in [6, 6.07) is 2.80. The van der Waals surface area contributed by atoms with Crippen LogP contribution in [0.25, 0.3) is 0 Å². The number of aromatic nitrogens is 3. The van der Waals surface area contributed by atoms with Gasteiger partial charge in [0.25, 0.3) is 0 Å². The van der Waals surface area contributed by atoms with E-state index in [2.05, 4.69) is 42.0 Å². The highest BCUT2D eigenvalue weighted by molar-refractivity contribution is 7.90. The summed E-state index contributed by atoms with van der Waals surface area (Å²) >= 11 is 1.99. The highest BCUT2D eigenvalue weighted by Gasteiger charge is 2.44. The number of piperidine rings is 1. The molecular weight excluding hydrogens is 432 g/mol. The number of thiophene rings is 1. The fraction of sp³-hybridized carbons (Fsp3) is 0.727. The predicted octanol–water partition coefficient (Wildman–Crippen LogP) is 3.04. The normalized spacial score (nSPS) is 24.7. The molecular formula is C22H34N4O3S2. The van der Waals surface area contributed by atoms with E-state index in [0.717, 1.165) is 51.1 Å². The molecule has 0 bridgehead atoms. The summed E-state index contributed by atoms with van der Waals surface area (Å²) in [5.74, 6) is 0.751. The maximum absolute atomic E-state index is 11.4. The Kier molecular flexibility index (Phi) is 6.59. The van der Waals surface area contributed by atoms with Gasteiger partial charge in [0.1, 0.15) is 9.84 Å². The first-order chi connectivity index (χ1) is 14.6. The molecule has 0 amide bonds. The van der Waals surface area contributed by atoms with Crippen molar-refractivity contribution >= 4 is 21.2 Å². The molecule has 7 nitrogen and oxygen atoms in total. The standard InChI is InChI=1S/C22H34N4O3S2/c1-16(2)11-19-12-20-21(30-19)5-9-29-22(20)6-7-25(17(3)13-22)14-18-15-26(24-23-18)8-10-31(4,27)28/h12,15-17H,5-11,13-14H2,1-4H3/t17-,22+/m0/s1. The van der Waals surface area contributed by atoms with Gasteiger partial charge in [-0.3, -0.25) is 9.58 Å². The van der Waals surface area contributed by atoms with Crippen LogP contribution in [0.15, 0.2) is 12.3 Å². The largest absolute Gasteiger partial charge is 0.370 e. The topological polar surface area (TPSA) is 77.3 Å². The van der Waals surface area contributed by atoms with Gasteiger partial charge in [0.2, 0.25) is 0 Å². The van der Waals surface area contributed by atoms with E-state index in [1.54, 1.807) is 4.68 Å². The summed E-state index contributed by atoms with van der Waals surface area (Å²) in [4.78, 5) is 5.46. The number of hydrogen-bond donors (Lipinski definition) is 0. The lowest BCUT2D eigenvalue weighted by atomic mass is 9.79. The van der Waals surface area contributed by atoms with Gasteiger partial charge >= 0.3 is 0 Å². The van der Waals surface area contributed by atoms with Crippen molar-refractivity contribution in [1.29, 1.82) is 0 Å². The second-order valence-corrected chi connectivity index (χ2v) is 13.1. The number of sulfone groups is 1. The third-order valence-electron chi connectivity index (χ3n) is 6.36. The van der Waals surface area contributed by atoms with Crippen molar-refractivity contribution in [3.8, 4) is 0 Å². The predicted molar refractivity (Wildman–Crippen MR) is 123 cm³/mol. The zero-order valence-corrected chi connectivity index (χ0v) is 20.6. The molecule has 0 N–H and O–H groups in total. The smallest absolute Gasteiger partial charge is 0.149 e. The number of likely N-dealkylation sites (tertiary alicyclic amines) is 1. The monoisotopic (exact) mass is 466 g/mol. The average Bonchev–Trinajstić information content (AvgIpc) is 3.29. The Morgan fingerprint density at radius 2 is 2.19 bits per heavy atom. The number of fused-ring (bicyclic) bond motifs is 2. The van der Waals surface area contributed by atoms with Crippen LogP contribution in [0.4, 0.5) is 0 Å². The van der Waals surface area contributed by atoms with Crippen LogP contribution >= 0.6 is 11.3 Å². The van der Waals surface area contributed by atoms with Gasteiger partial charge in [0, 0.05) is 47.8 Å². The second kappa shape index (κ2) is 8.92. The molecule has 4 rings (SSSR count). The van der Waals surface area contributed by atoms with Crippen LogP contribution < -0.4 is 0 Å². The maximum atomic E-state index is 11.4. The SMILES string of the molecule is CC(C)Cc1cc2c(s1)CCO[C@@]21CCN(Cc2cn(CCS(C)(=O)=O)nn2)[C@@H](C)C1. The Morgan fingerprint density at radius 1 is 1.39 bits per heavy atom. The second-order valence-electron chi connectivity index (χ2n) is 9.62. The molecule has 1 spiro atoms. The molecule has 31 heavy (non-hydrogen) atoms. The third-order valence-corrected chi connectivity index (χ3v) is 8.50. The van der Waals surface area contributed by atoms with E-state index in [1.807, 2.05) is 17.5 Å². The van der Waals surface area contributed by atoms with E-state index in [4.69, 9.17) is 4.74 Å². The molecule has 172 valence electrons. The molecule has 2 atom stereocenters. The Hall–Kier alpha value is -1.29. The van der Waals surface area contributed by atoms with Gasteiger partial charge in [0.15, 0.2) is 0 Å². The van der Waals surface area contributed by atoms with Crippen molar-refractivity contribution in [2.24, 2.45) is 5.92 Å². The van der Waals surface area contributed by atoms with Crippen molar-refractivity contribution in [1.82, 2.24) is 19.9 Å². The molecule has 2 aliphatic heterocycles. The van der Waals surface area contributed by atoms with E-state index in [-0.39, 0.29) is 11.4 Å². The van der Waals surface area contributed by atoms with E-state index in [9.17, 15) is 8.42 Å². The molecule has 0 saturated carbocycles. The minimum absolute atomic E-state index is 0.0809. The molecule has 1 fully saturated rings. The fourth-order valence-electron chi connectivity index (χ4n) is 4.83. The van der Waals surface area contributed by atoms with Crippen LogP contribution in [-0.2, 0) is 46.1 Å². The van der Waals surface area contributed by atoms with E-state index >= 15 is 0 Å². The molecule has 2 aromatic heterocycles. The van der Waals surface area contributed by atoms with Crippen LogP contribution in [-0.4, -0.2) is 59.5 Å². The quantitative estimate of drug-likeness (QED) is 0.624. The Labute approximate surface area is 189 Å². The molecule has 9 heteroatoms. The minimum atomic E-state index is -3.01. The first kappa shape index (κ1) is 22.9. The van der Waals surface area contributed by atoms with Gasteiger partial charge < -0.3 is 4.74 Å². The van der Waals surface area contributed by atoms with Crippen LogP contribution in [0.3, 0.4) is 0 Å². The molecule has 0 aromatic carbocycles. The van der Waals surface area contributed by atoms with Gasteiger partial charge in [-0.05, 0) is 43.7 Å². The lowest BCUT2D eigenvalue weighted by Gasteiger charge is -2.47. The summed E-state index contributed by atoms with van der Waals surface area (Å²) in [7, 11) is -3.01. The molecule has 2 aromatic rings. The molecule has 4 heterocycles. The number of ether oxygens (including phenoxy) is 1. The van der Waals surface area contributed by atoms with Crippen molar-refractivity contribution in [2.45, 2.75) is 71.2 Å². The van der Waals surface area contributed by atoms with Gasteiger partial charge in [-0.1, -0.05) is 19.1 Å². The minimum Gasteiger partial charge on any atom is -0.370 e. The molecule has 2 aliphatic rings. The lowest BCUT2D eigenvalue weighted by molar-refractivity contribution is -0.112. The molecule has 0 radical (unpaired) electrons. The third kappa shape index (κ3) is 5.38. The molecule has 1 saturated heterocycles. The highest BCUT2D eigenvalue weighted by atomic mass is 32.2. The maximum Gasteiger partial charge on any atom is 0.149 e. The number of aryl methyl sites for hydroxylation is 1. The average molecular weight is 467 g/mol. The van der Waals surface area contributed by atoms with E-state index < -0.39 is 9.84 Å². The first-order valence-corrected chi connectivity index (χ1v) is 14.1. The van der Waals surface area contributed by atoms with Crippen LogP contribution in [0, 0.1) is 5.92 Å². The number of hydrogen-bond acceptors (Lipinski definition) is 7. The van der Waals surface area contributed by atoms with Gasteiger partial charge in [-0.2, -0.15) is 0 Å². The number of rotatable bonds is 7. The Balaban J connectivity index is 1.42. The first-order valence-electron chi connectivity index (χ1n) is 11.2. The van der Waals surface area contributed by atoms with Crippen LogP contribution in [0.5, 0.6) is 0 Å². The van der Waals surface area contributed by atoms with Crippen LogP contribution in [0.1, 0.15) is 54.6 Å². The summed E-state index contributed by atoms with van der Waals surface area (Å²) in [5, 5.41) is 8.36. The zero-order chi connectivity index (χ0) is 22.2. The fourth-order valence-corrected chi connectivity index (χ4v) is 6.80. The summed E-state index contributed by atoms with van der Waals surface area (Å²) in [5.41, 5.74) is 2.18. The van der Waals surface area contributed by atoms with Crippen LogP contribution in [0.2, 0.25) is 0 Å². The number of nitrogens with zero attached hydrogens (tertiary/aromatic N) is 4. The molecule has 0 unspecified atom stereocenters.